The lowest BCUT2D eigenvalue weighted by atomic mass is 10.0. The summed E-state index contributed by atoms with van der Waals surface area (Å²) in [6.45, 7) is 4.27. The summed E-state index contributed by atoms with van der Waals surface area (Å²) in [6, 6.07) is 4.13. The first kappa shape index (κ1) is 15.2. The number of nitrogens with one attached hydrogen (secondary N) is 2. The van der Waals surface area contributed by atoms with Crippen molar-refractivity contribution in [2.24, 2.45) is 18.4 Å². The number of rotatable bonds is 4. The van der Waals surface area contributed by atoms with Gasteiger partial charge in [0, 0.05) is 38.6 Å². The maximum atomic E-state index is 9.48. The number of anilines is 3. The third-order valence-electron chi connectivity index (χ3n) is 5.90. The first-order chi connectivity index (χ1) is 12.6. The molecular weight excluding hydrogens is 328 g/mol. The van der Waals surface area contributed by atoms with Crippen LogP contribution in [-0.4, -0.2) is 37.8 Å². The highest BCUT2D eigenvalue weighted by Gasteiger charge is 2.58. The highest BCUT2D eigenvalue weighted by molar-refractivity contribution is 5.94. The smallest absolute Gasteiger partial charge is 0.232 e. The number of fused-ring (bicyclic) bond motifs is 2. The molecule has 2 N–H and O–H groups in total. The first-order valence-electron chi connectivity index (χ1n) is 8.93. The number of H-pyrrole nitrogens is 1. The first-order valence-corrected chi connectivity index (χ1v) is 8.93. The van der Waals surface area contributed by atoms with Gasteiger partial charge in [-0.15, -0.1) is 0 Å². The van der Waals surface area contributed by atoms with Crippen molar-refractivity contribution >= 4 is 28.6 Å². The molecule has 1 aliphatic carbocycles. The van der Waals surface area contributed by atoms with E-state index in [1.54, 1.807) is 10.9 Å². The summed E-state index contributed by atoms with van der Waals surface area (Å²) in [5.41, 5.74) is 1.70. The zero-order chi connectivity index (χ0) is 17.9. The predicted molar refractivity (Wildman–Crippen MR) is 98.1 cm³/mol. The van der Waals surface area contributed by atoms with E-state index in [0.29, 0.717) is 28.4 Å². The summed E-state index contributed by atoms with van der Waals surface area (Å²) in [7, 11) is 1.87. The Kier molecular flexibility index (Phi) is 3.04. The van der Waals surface area contributed by atoms with E-state index in [2.05, 4.69) is 38.3 Å². The van der Waals surface area contributed by atoms with Gasteiger partial charge in [-0.25, -0.2) is 0 Å². The Bertz CT molecular complexity index is 1040. The molecule has 2 fully saturated rings. The maximum Gasteiger partial charge on any atom is 0.232 e. The number of nitriles is 1. The van der Waals surface area contributed by atoms with Crippen LogP contribution in [-0.2, 0) is 7.05 Å². The van der Waals surface area contributed by atoms with Crippen molar-refractivity contribution in [1.29, 1.82) is 5.26 Å². The van der Waals surface area contributed by atoms with E-state index in [-0.39, 0.29) is 0 Å². The Morgan fingerprint density at radius 1 is 1.46 bits per heavy atom. The van der Waals surface area contributed by atoms with Crippen LogP contribution in [0.25, 0.3) is 11.0 Å². The van der Waals surface area contributed by atoms with Crippen LogP contribution < -0.4 is 10.2 Å². The second-order valence-corrected chi connectivity index (χ2v) is 7.41. The van der Waals surface area contributed by atoms with Gasteiger partial charge in [0.05, 0.1) is 10.9 Å². The van der Waals surface area contributed by atoms with Crippen molar-refractivity contribution in [3.63, 3.8) is 0 Å². The SMILES string of the molecule is CCC12CC1CN(c1nc(Nc3ccn(C)n3)nc3[nH]cc(C#N)c13)C2. The molecule has 0 amide bonds. The molecule has 1 saturated carbocycles. The van der Waals surface area contributed by atoms with Gasteiger partial charge < -0.3 is 15.2 Å². The summed E-state index contributed by atoms with van der Waals surface area (Å²) < 4.78 is 1.73. The van der Waals surface area contributed by atoms with Gasteiger partial charge in [-0.2, -0.15) is 20.3 Å². The molecule has 0 bridgehead atoms. The number of hydrogen-bond acceptors (Lipinski definition) is 6. The fraction of sp³-hybridized carbons (Fsp3) is 0.444. The quantitative estimate of drug-likeness (QED) is 0.752. The lowest BCUT2D eigenvalue weighted by molar-refractivity contribution is 0.509. The van der Waals surface area contributed by atoms with Crippen molar-refractivity contribution in [3.05, 3.63) is 24.0 Å². The number of aryl methyl sites for hydroxylation is 1. The molecule has 2 atom stereocenters. The molecule has 0 aromatic carbocycles. The monoisotopic (exact) mass is 348 g/mol. The molecule has 8 heteroatoms. The van der Waals surface area contributed by atoms with E-state index >= 15 is 0 Å². The Labute approximate surface area is 150 Å². The maximum absolute atomic E-state index is 9.48. The van der Waals surface area contributed by atoms with Gasteiger partial charge in [-0.05, 0) is 24.2 Å². The molecule has 0 spiro atoms. The summed E-state index contributed by atoms with van der Waals surface area (Å²) in [4.78, 5) is 14.7. The standard InChI is InChI=1S/C18H20N8/c1-3-18-6-12(18)9-26(10-18)16-14-11(7-19)8-20-15(14)22-17(23-16)21-13-4-5-25(2)24-13/h4-5,8,12H,3,6,9-10H2,1-2H3,(H2,20,21,22,23,24). The second kappa shape index (κ2) is 5.21. The topological polar surface area (TPSA) is 98.4 Å². The molecule has 2 unspecified atom stereocenters. The molecule has 3 aromatic heterocycles. The van der Waals surface area contributed by atoms with Crippen LogP contribution >= 0.6 is 0 Å². The van der Waals surface area contributed by atoms with Gasteiger partial charge in [0.15, 0.2) is 5.82 Å². The molecule has 26 heavy (non-hydrogen) atoms. The Morgan fingerprint density at radius 3 is 3.04 bits per heavy atom. The molecular formula is C18H20N8. The molecule has 4 heterocycles. The minimum absolute atomic E-state index is 0.439. The minimum atomic E-state index is 0.439. The lowest BCUT2D eigenvalue weighted by Gasteiger charge is -2.22. The Balaban J connectivity index is 1.58. The van der Waals surface area contributed by atoms with Crippen molar-refractivity contribution in [2.45, 2.75) is 19.8 Å². The largest absolute Gasteiger partial charge is 0.355 e. The molecule has 5 rings (SSSR count). The van der Waals surface area contributed by atoms with Crippen molar-refractivity contribution in [2.75, 3.05) is 23.3 Å². The van der Waals surface area contributed by atoms with E-state index in [1.165, 1.54) is 12.8 Å². The zero-order valence-corrected chi connectivity index (χ0v) is 14.8. The average Bonchev–Trinajstić information content (AvgIpc) is 3.01. The van der Waals surface area contributed by atoms with Gasteiger partial charge in [-0.1, -0.05) is 6.92 Å². The highest BCUT2D eigenvalue weighted by atomic mass is 15.3. The fourth-order valence-corrected chi connectivity index (χ4v) is 4.28. The van der Waals surface area contributed by atoms with Crippen LogP contribution in [0, 0.1) is 22.7 Å². The van der Waals surface area contributed by atoms with Crippen molar-refractivity contribution < 1.29 is 0 Å². The van der Waals surface area contributed by atoms with Gasteiger partial charge in [0.25, 0.3) is 0 Å². The number of aromatic nitrogens is 5. The number of aromatic amines is 1. The molecule has 8 nitrogen and oxygen atoms in total. The zero-order valence-electron chi connectivity index (χ0n) is 14.8. The lowest BCUT2D eigenvalue weighted by Crippen LogP contribution is -2.26. The van der Waals surface area contributed by atoms with E-state index in [0.717, 1.165) is 30.2 Å². The van der Waals surface area contributed by atoms with Gasteiger partial charge in [0.2, 0.25) is 5.95 Å². The van der Waals surface area contributed by atoms with E-state index in [4.69, 9.17) is 4.98 Å². The fourth-order valence-electron chi connectivity index (χ4n) is 4.28. The van der Waals surface area contributed by atoms with Gasteiger partial charge >= 0.3 is 0 Å². The molecule has 2 aliphatic rings. The van der Waals surface area contributed by atoms with Crippen molar-refractivity contribution in [1.82, 2.24) is 24.7 Å². The number of piperidine rings is 1. The second-order valence-electron chi connectivity index (χ2n) is 7.41. The third kappa shape index (κ3) is 2.17. The Hall–Kier alpha value is -3.08. The normalized spacial score (nSPS) is 23.9. The van der Waals surface area contributed by atoms with Crippen LogP contribution in [0.5, 0.6) is 0 Å². The van der Waals surface area contributed by atoms with Gasteiger partial charge in [-0.3, -0.25) is 4.68 Å². The summed E-state index contributed by atoms with van der Waals surface area (Å²) >= 11 is 0. The molecule has 1 aliphatic heterocycles. The van der Waals surface area contributed by atoms with Crippen LogP contribution in [0.2, 0.25) is 0 Å². The molecule has 3 aromatic rings. The van der Waals surface area contributed by atoms with E-state index in [9.17, 15) is 5.26 Å². The Morgan fingerprint density at radius 2 is 2.35 bits per heavy atom. The van der Waals surface area contributed by atoms with Crippen LogP contribution in [0.1, 0.15) is 25.3 Å². The van der Waals surface area contributed by atoms with Crippen molar-refractivity contribution in [3.8, 4) is 6.07 Å². The number of nitrogens with zero attached hydrogens (tertiary/aromatic N) is 6. The highest BCUT2D eigenvalue weighted by Crippen LogP contribution is 2.60. The average molecular weight is 348 g/mol. The van der Waals surface area contributed by atoms with Crippen LogP contribution in [0.4, 0.5) is 17.6 Å². The predicted octanol–water partition coefficient (Wildman–Crippen LogP) is 2.54. The molecule has 1 saturated heterocycles. The molecule has 0 radical (unpaired) electrons. The van der Waals surface area contributed by atoms with E-state index < -0.39 is 0 Å². The third-order valence-corrected chi connectivity index (χ3v) is 5.90. The van der Waals surface area contributed by atoms with Crippen LogP contribution in [0.3, 0.4) is 0 Å². The summed E-state index contributed by atoms with van der Waals surface area (Å²) in [6.07, 6.45) is 6.08. The number of hydrogen-bond donors (Lipinski definition) is 2. The summed E-state index contributed by atoms with van der Waals surface area (Å²) in [5, 5.41) is 17.8. The van der Waals surface area contributed by atoms with Crippen LogP contribution in [0.15, 0.2) is 18.5 Å². The molecule has 132 valence electrons. The van der Waals surface area contributed by atoms with Gasteiger partial charge in [0.1, 0.15) is 17.5 Å². The van der Waals surface area contributed by atoms with E-state index in [1.807, 2.05) is 19.3 Å². The minimum Gasteiger partial charge on any atom is -0.355 e. The summed E-state index contributed by atoms with van der Waals surface area (Å²) in [5.74, 6) is 2.77.